The van der Waals surface area contributed by atoms with Gasteiger partial charge >= 0.3 is 0 Å². The third-order valence-corrected chi connectivity index (χ3v) is 2.19. The number of nitrogens with zero attached hydrogens (tertiary/aromatic N) is 1. The molecule has 0 saturated carbocycles. The quantitative estimate of drug-likeness (QED) is 0.713. The maximum absolute atomic E-state index is 10.6. The van der Waals surface area contributed by atoms with Crippen molar-refractivity contribution in [2.75, 3.05) is 0 Å². The summed E-state index contributed by atoms with van der Waals surface area (Å²) >= 11 is 0. The van der Waals surface area contributed by atoms with Crippen molar-refractivity contribution in [2.45, 2.75) is 25.9 Å². The van der Waals surface area contributed by atoms with E-state index in [9.17, 15) is 4.79 Å². The molecule has 0 aliphatic heterocycles. The van der Waals surface area contributed by atoms with E-state index >= 15 is 0 Å². The molecule has 0 spiro atoms. The highest BCUT2D eigenvalue weighted by molar-refractivity contribution is 5.74. The van der Waals surface area contributed by atoms with Gasteiger partial charge in [-0.3, -0.25) is 4.79 Å². The first-order valence-corrected chi connectivity index (χ1v) is 4.71. The van der Waals surface area contributed by atoms with Crippen LogP contribution >= 0.6 is 0 Å². The van der Waals surface area contributed by atoms with Crippen molar-refractivity contribution in [3.63, 3.8) is 0 Å². The van der Waals surface area contributed by atoms with Crippen LogP contribution in [0.2, 0.25) is 0 Å². The average Bonchev–Trinajstić information content (AvgIpc) is 2.46. The van der Waals surface area contributed by atoms with Gasteiger partial charge in [-0.2, -0.15) is 0 Å². The summed E-state index contributed by atoms with van der Waals surface area (Å²) in [5, 5.41) is 3.24. The summed E-state index contributed by atoms with van der Waals surface area (Å²) in [6.45, 7) is 2.71. The fraction of sp³-hybridized carbons (Fsp3) is 0.500. The zero-order chi connectivity index (χ0) is 10.6. The minimum Gasteiger partial charge on any atom is -0.370 e. The molecule has 4 heteroatoms. The molecule has 0 aliphatic rings. The first-order chi connectivity index (χ1) is 6.59. The maximum atomic E-state index is 10.6. The number of nitrogens with two attached hydrogens (primary N) is 1. The number of aromatic nitrogens is 1. The Morgan fingerprint density at radius 3 is 2.93 bits per heavy atom. The summed E-state index contributed by atoms with van der Waals surface area (Å²) in [6, 6.07) is 4.17. The SMILES string of the molecule is CC(CC(N)=O)NCc1cccn1C. The van der Waals surface area contributed by atoms with Crippen molar-refractivity contribution < 1.29 is 4.79 Å². The molecular formula is C10H17N3O. The normalized spacial score (nSPS) is 12.7. The largest absolute Gasteiger partial charge is 0.370 e. The summed E-state index contributed by atoms with van der Waals surface area (Å²) in [5.41, 5.74) is 6.28. The second kappa shape index (κ2) is 4.81. The van der Waals surface area contributed by atoms with E-state index in [0.29, 0.717) is 6.42 Å². The highest BCUT2D eigenvalue weighted by Crippen LogP contribution is 2.00. The first-order valence-electron chi connectivity index (χ1n) is 4.71. The lowest BCUT2D eigenvalue weighted by molar-refractivity contribution is -0.118. The Labute approximate surface area is 84.1 Å². The number of hydrogen-bond acceptors (Lipinski definition) is 2. The summed E-state index contributed by atoms with van der Waals surface area (Å²) in [4.78, 5) is 10.6. The van der Waals surface area contributed by atoms with E-state index in [2.05, 4.69) is 5.32 Å². The Hall–Kier alpha value is -1.29. The van der Waals surface area contributed by atoms with Gasteiger partial charge in [0, 0.05) is 37.9 Å². The average molecular weight is 195 g/mol. The van der Waals surface area contributed by atoms with Crippen molar-refractivity contribution in [1.29, 1.82) is 0 Å². The summed E-state index contributed by atoms with van der Waals surface area (Å²) in [7, 11) is 2.00. The van der Waals surface area contributed by atoms with E-state index in [-0.39, 0.29) is 11.9 Å². The van der Waals surface area contributed by atoms with E-state index in [1.54, 1.807) is 0 Å². The van der Waals surface area contributed by atoms with Gasteiger partial charge in [0.2, 0.25) is 5.91 Å². The molecule has 1 aromatic rings. The van der Waals surface area contributed by atoms with Crippen molar-refractivity contribution in [2.24, 2.45) is 12.8 Å². The van der Waals surface area contributed by atoms with Crippen LogP contribution in [0.15, 0.2) is 18.3 Å². The second-order valence-electron chi connectivity index (χ2n) is 3.56. The van der Waals surface area contributed by atoms with E-state index in [4.69, 9.17) is 5.73 Å². The van der Waals surface area contributed by atoms with Crippen LogP contribution < -0.4 is 11.1 Å². The fourth-order valence-corrected chi connectivity index (χ4v) is 1.33. The van der Waals surface area contributed by atoms with Crippen LogP contribution in [0.1, 0.15) is 19.0 Å². The Morgan fingerprint density at radius 1 is 1.71 bits per heavy atom. The van der Waals surface area contributed by atoms with Crippen LogP contribution in [0.25, 0.3) is 0 Å². The minimum atomic E-state index is -0.267. The molecule has 0 aromatic carbocycles. The zero-order valence-corrected chi connectivity index (χ0v) is 8.66. The molecule has 1 rings (SSSR count). The second-order valence-corrected chi connectivity index (χ2v) is 3.56. The van der Waals surface area contributed by atoms with Gasteiger partial charge in [-0.15, -0.1) is 0 Å². The molecule has 3 N–H and O–H groups in total. The number of aryl methyl sites for hydroxylation is 1. The molecule has 0 aliphatic carbocycles. The van der Waals surface area contributed by atoms with Crippen LogP contribution in [0.4, 0.5) is 0 Å². The Kier molecular flexibility index (Phi) is 3.71. The lowest BCUT2D eigenvalue weighted by Crippen LogP contribution is -2.31. The van der Waals surface area contributed by atoms with E-state index in [1.807, 2.05) is 36.9 Å². The summed E-state index contributed by atoms with van der Waals surface area (Å²) in [5.74, 6) is -0.267. The molecule has 78 valence electrons. The number of primary amides is 1. The Bertz CT molecular complexity index is 306. The van der Waals surface area contributed by atoms with Crippen LogP contribution in [0.3, 0.4) is 0 Å². The van der Waals surface area contributed by atoms with E-state index < -0.39 is 0 Å². The molecule has 0 radical (unpaired) electrons. The van der Waals surface area contributed by atoms with Crippen LogP contribution in [-0.4, -0.2) is 16.5 Å². The zero-order valence-electron chi connectivity index (χ0n) is 8.66. The lowest BCUT2D eigenvalue weighted by atomic mass is 10.2. The molecule has 1 amide bonds. The van der Waals surface area contributed by atoms with Gasteiger partial charge in [-0.1, -0.05) is 0 Å². The standard InChI is InChI=1S/C10H17N3O/c1-8(6-10(11)14)12-7-9-4-3-5-13(9)2/h3-5,8,12H,6-7H2,1-2H3,(H2,11,14). The third kappa shape index (κ3) is 3.22. The van der Waals surface area contributed by atoms with Crippen LogP contribution in [0.5, 0.6) is 0 Å². The maximum Gasteiger partial charge on any atom is 0.218 e. The van der Waals surface area contributed by atoms with Gasteiger partial charge in [0.15, 0.2) is 0 Å². The number of nitrogens with one attached hydrogen (secondary N) is 1. The highest BCUT2D eigenvalue weighted by Gasteiger charge is 2.05. The van der Waals surface area contributed by atoms with Crippen molar-refractivity contribution in [1.82, 2.24) is 9.88 Å². The molecule has 0 saturated heterocycles. The van der Waals surface area contributed by atoms with Gasteiger partial charge in [0.05, 0.1) is 0 Å². The molecule has 1 aromatic heterocycles. The summed E-state index contributed by atoms with van der Waals surface area (Å²) in [6.07, 6.45) is 2.38. The number of carbonyl (C=O) groups excluding carboxylic acids is 1. The molecule has 4 nitrogen and oxygen atoms in total. The molecule has 14 heavy (non-hydrogen) atoms. The molecule has 1 atom stereocenters. The predicted molar refractivity (Wildman–Crippen MR) is 55.5 cm³/mol. The highest BCUT2D eigenvalue weighted by atomic mass is 16.1. The van der Waals surface area contributed by atoms with E-state index in [1.165, 1.54) is 5.69 Å². The molecule has 0 bridgehead atoms. The number of rotatable bonds is 5. The number of amides is 1. The third-order valence-electron chi connectivity index (χ3n) is 2.19. The van der Waals surface area contributed by atoms with E-state index in [0.717, 1.165) is 6.54 Å². The van der Waals surface area contributed by atoms with Crippen molar-refractivity contribution in [3.8, 4) is 0 Å². The Balaban J connectivity index is 2.34. The van der Waals surface area contributed by atoms with Crippen LogP contribution in [-0.2, 0) is 18.4 Å². The van der Waals surface area contributed by atoms with Gasteiger partial charge < -0.3 is 15.6 Å². The molecule has 1 heterocycles. The van der Waals surface area contributed by atoms with Crippen molar-refractivity contribution in [3.05, 3.63) is 24.0 Å². The Morgan fingerprint density at radius 2 is 2.43 bits per heavy atom. The lowest BCUT2D eigenvalue weighted by Gasteiger charge is -2.12. The first kappa shape index (κ1) is 10.8. The minimum absolute atomic E-state index is 0.127. The number of carbonyl (C=O) groups is 1. The van der Waals surface area contributed by atoms with Gasteiger partial charge in [0.1, 0.15) is 0 Å². The smallest absolute Gasteiger partial charge is 0.218 e. The number of hydrogen-bond donors (Lipinski definition) is 2. The molecule has 0 fully saturated rings. The van der Waals surface area contributed by atoms with Gasteiger partial charge in [-0.25, -0.2) is 0 Å². The van der Waals surface area contributed by atoms with Crippen LogP contribution in [0, 0.1) is 0 Å². The monoisotopic (exact) mass is 195 g/mol. The fourth-order valence-electron chi connectivity index (χ4n) is 1.33. The molecule has 1 unspecified atom stereocenters. The topological polar surface area (TPSA) is 60.1 Å². The summed E-state index contributed by atoms with van der Waals surface area (Å²) < 4.78 is 2.05. The predicted octanol–water partition coefficient (Wildman–Crippen LogP) is 0.379. The van der Waals surface area contributed by atoms with Crippen molar-refractivity contribution >= 4 is 5.91 Å². The van der Waals surface area contributed by atoms with Gasteiger partial charge in [0.25, 0.3) is 0 Å². The van der Waals surface area contributed by atoms with Gasteiger partial charge in [-0.05, 0) is 19.1 Å². The molecular weight excluding hydrogens is 178 g/mol.